The smallest absolute Gasteiger partial charge is 0.287 e. The third kappa shape index (κ3) is 2.97. The average Bonchev–Trinajstić information content (AvgIpc) is 3.24. The molecule has 0 bridgehead atoms. The van der Waals surface area contributed by atoms with Crippen LogP contribution in [0.25, 0.3) is 11.0 Å². The molecule has 1 aromatic carbocycles. The van der Waals surface area contributed by atoms with Crippen molar-refractivity contribution in [2.24, 2.45) is 0 Å². The third-order valence-electron chi connectivity index (χ3n) is 4.67. The maximum absolute atomic E-state index is 12.3. The molecule has 1 aliphatic rings. The minimum atomic E-state index is -0.147. The first kappa shape index (κ1) is 15.4. The number of rotatable bonds is 4. The number of nitrogens with one attached hydrogen (secondary N) is 1. The Balaban J connectivity index is 1.37. The molecule has 2 aromatic heterocycles. The van der Waals surface area contributed by atoms with Crippen LogP contribution in [-0.4, -0.2) is 29.9 Å². The number of furan rings is 1. The highest BCUT2D eigenvalue weighted by atomic mass is 32.1. The Kier molecular flexibility index (Phi) is 4.12. The third-order valence-corrected chi connectivity index (χ3v) is 5.69. The molecular weight excluding hydrogens is 320 g/mol. The van der Waals surface area contributed by atoms with E-state index >= 15 is 0 Å². The number of fused-ring (bicyclic) bond motifs is 2. The van der Waals surface area contributed by atoms with Crippen molar-refractivity contribution >= 4 is 28.2 Å². The van der Waals surface area contributed by atoms with Gasteiger partial charge in [0.05, 0.1) is 0 Å². The van der Waals surface area contributed by atoms with Crippen LogP contribution in [0.5, 0.6) is 0 Å². The summed E-state index contributed by atoms with van der Waals surface area (Å²) < 4.78 is 5.62. The van der Waals surface area contributed by atoms with E-state index in [-0.39, 0.29) is 5.91 Å². The molecule has 4 rings (SSSR count). The van der Waals surface area contributed by atoms with Crippen LogP contribution in [0.1, 0.15) is 27.9 Å². The average molecular weight is 340 g/mol. The van der Waals surface area contributed by atoms with Gasteiger partial charge in [0.2, 0.25) is 0 Å². The zero-order chi connectivity index (χ0) is 16.5. The molecule has 0 aliphatic carbocycles. The van der Waals surface area contributed by atoms with Gasteiger partial charge in [-0.15, -0.1) is 11.3 Å². The van der Waals surface area contributed by atoms with Crippen LogP contribution >= 0.6 is 11.3 Å². The summed E-state index contributed by atoms with van der Waals surface area (Å²) in [5.74, 6) is 0.230. The van der Waals surface area contributed by atoms with Crippen molar-refractivity contribution in [2.75, 3.05) is 13.1 Å². The molecule has 3 heterocycles. The van der Waals surface area contributed by atoms with Gasteiger partial charge < -0.3 is 9.73 Å². The van der Waals surface area contributed by atoms with E-state index in [1.165, 1.54) is 10.4 Å². The van der Waals surface area contributed by atoms with Crippen LogP contribution in [-0.2, 0) is 13.0 Å². The Labute approximate surface area is 145 Å². The molecule has 1 unspecified atom stereocenters. The fourth-order valence-corrected chi connectivity index (χ4v) is 4.09. The summed E-state index contributed by atoms with van der Waals surface area (Å²) in [6.45, 7) is 4.81. The molecule has 3 aromatic rings. The Morgan fingerprint density at radius 1 is 1.38 bits per heavy atom. The highest BCUT2D eigenvalue weighted by molar-refractivity contribution is 7.10. The highest BCUT2D eigenvalue weighted by Gasteiger charge is 2.22. The minimum Gasteiger partial charge on any atom is -0.451 e. The van der Waals surface area contributed by atoms with E-state index in [4.69, 9.17) is 4.42 Å². The van der Waals surface area contributed by atoms with Gasteiger partial charge in [0.1, 0.15) is 5.58 Å². The summed E-state index contributed by atoms with van der Waals surface area (Å²) in [4.78, 5) is 16.3. The molecule has 124 valence electrons. The number of carbonyl (C=O) groups excluding carboxylic acids is 1. The maximum Gasteiger partial charge on any atom is 0.287 e. The van der Waals surface area contributed by atoms with E-state index in [9.17, 15) is 4.79 Å². The predicted molar refractivity (Wildman–Crippen MR) is 96.4 cm³/mol. The van der Waals surface area contributed by atoms with E-state index < -0.39 is 0 Å². The number of hydrogen-bond donors (Lipinski definition) is 1. The second-order valence-electron chi connectivity index (χ2n) is 6.30. The lowest BCUT2D eigenvalue weighted by Gasteiger charge is -2.32. The second-order valence-corrected chi connectivity index (χ2v) is 7.30. The minimum absolute atomic E-state index is 0.147. The molecule has 1 amide bonds. The van der Waals surface area contributed by atoms with Gasteiger partial charge in [0, 0.05) is 35.9 Å². The van der Waals surface area contributed by atoms with Gasteiger partial charge in [0.15, 0.2) is 5.76 Å². The van der Waals surface area contributed by atoms with Gasteiger partial charge in [0.25, 0.3) is 5.91 Å². The molecule has 1 aliphatic heterocycles. The van der Waals surface area contributed by atoms with Crippen LogP contribution in [0.2, 0.25) is 0 Å². The van der Waals surface area contributed by atoms with Crippen molar-refractivity contribution in [3.05, 3.63) is 58.0 Å². The monoisotopic (exact) mass is 340 g/mol. The van der Waals surface area contributed by atoms with Crippen LogP contribution in [0.4, 0.5) is 0 Å². The van der Waals surface area contributed by atoms with Crippen LogP contribution in [0.15, 0.2) is 46.2 Å². The van der Waals surface area contributed by atoms with Crippen molar-refractivity contribution in [1.82, 2.24) is 10.2 Å². The largest absolute Gasteiger partial charge is 0.451 e. The van der Waals surface area contributed by atoms with E-state index in [2.05, 4.69) is 28.6 Å². The van der Waals surface area contributed by atoms with Crippen molar-refractivity contribution in [1.29, 1.82) is 0 Å². The lowest BCUT2D eigenvalue weighted by molar-refractivity contribution is 0.0907. The fourth-order valence-electron chi connectivity index (χ4n) is 3.20. The Morgan fingerprint density at radius 2 is 2.25 bits per heavy atom. The summed E-state index contributed by atoms with van der Waals surface area (Å²) in [5.41, 5.74) is 2.18. The van der Waals surface area contributed by atoms with Crippen molar-refractivity contribution in [3.63, 3.8) is 0 Å². The lowest BCUT2D eigenvalue weighted by Crippen LogP contribution is -2.44. The molecule has 4 nitrogen and oxygen atoms in total. The van der Waals surface area contributed by atoms with Crippen molar-refractivity contribution in [3.8, 4) is 0 Å². The van der Waals surface area contributed by atoms with Gasteiger partial charge in [-0.2, -0.15) is 0 Å². The summed E-state index contributed by atoms with van der Waals surface area (Å²) in [6, 6.07) is 12.0. The number of thiophene rings is 1. The van der Waals surface area contributed by atoms with Crippen molar-refractivity contribution in [2.45, 2.75) is 25.9 Å². The molecule has 0 radical (unpaired) electrons. The summed E-state index contributed by atoms with van der Waals surface area (Å²) in [6.07, 6.45) is 1.11. The number of amides is 1. The Morgan fingerprint density at radius 3 is 3.12 bits per heavy atom. The standard InChI is InChI=1S/C19H20N2O2S/c1-13(21-8-6-18-15(12-21)7-9-24-18)11-20-19(22)17-10-14-4-2-3-5-16(14)23-17/h2-5,7,9-10,13H,6,8,11-12H2,1H3,(H,20,22). The first-order chi connectivity index (χ1) is 11.7. The van der Waals surface area contributed by atoms with Gasteiger partial charge in [-0.25, -0.2) is 0 Å². The molecule has 24 heavy (non-hydrogen) atoms. The SMILES string of the molecule is CC(CNC(=O)c1cc2ccccc2o1)N1CCc2sccc2C1. The predicted octanol–water partition coefficient (Wildman–Crippen LogP) is 3.67. The molecule has 0 spiro atoms. The van der Waals surface area contributed by atoms with Gasteiger partial charge in [-0.1, -0.05) is 18.2 Å². The zero-order valence-electron chi connectivity index (χ0n) is 13.6. The van der Waals surface area contributed by atoms with E-state index in [1.807, 2.05) is 35.6 Å². The molecule has 1 atom stereocenters. The maximum atomic E-state index is 12.3. The van der Waals surface area contributed by atoms with E-state index in [0.29, 0.717) is 18.3 Å². The first-order valence-electron chi connectivity index (χ1n) is 8.27. The Bertz CT molecular complexity index is 834. The number of benzene rings is 1. The van der Waals surface area contributed by atoms with Crippen LogP contribution in [0.3, 0.4) is 0 Å². The summed E-state index contributed by atoms with van der Waals surface area (Å²) in [5, 5.41) is 6.13. The summed E-state index contributed by atoms with van der Waals surface area (Å²) in [7, 11) is 0. The molecule has 0 saturated heterocycles. The molecule has 5 heteroatoms. The number of hydrogen-bond acceptors (Lipinski definition) is 4. The molecule has 0 fully saturated rings. The zero-order valence-corrected chi connectivity index (χ0v) is 14.4. The van der Waals surface area contributed by atoms with Crippen molar-refractivity contribution < 1.29 is 9.21 Å². The van der Waals surface area contributed by atoms with E-state index in [0.717, 1.165) is 30.5 Å². The van der Waals surface area contributed by atoms with Gasteiger partial charge in [-0.3, -0.25) is 9.69 Å². The van der Waals surface area contributed by atoms with Crippen LogP contribution < -0.4 is 5.32 Å². The molecule has 0 saturated carbocycles. The Hall–Kier alpha value is -2.11. The molecule has 1 N–H and O–H groups in total. The topological polar surface area (TPSA) is 45.5 Å². The van der Waals surface area contributed by atoms with E-state index in [1.54, 1.807) is 6.07 Å². The second kappa shape index (κ2) is 6.42. The molecular formula is C19H20N2O2S. The quantitative estimate of drug-likeness (QED) is 0.788. The number of para-hydroxylation sites is 1. The lowest BCUT2D eigenvalue weighted by atomic mass is 10.1. The van der Waals surface area contributed by atoms with Gasteiger partial charge in [-0.05, 0) is 42.5 Å². The van der Waals surface area contributed by atoms with Crippen LogP contribution in [0, 0.1) is 0 Å². The number of nitrogens with zero attached hydrogens (tertiary/aromatic N) is 1. The fraction of sp³-hybridized carbons (Fsp3) is 0.316. The number of carbonyl (C=O) groups is 1. The van der Waals surface area contributed by atoms with Gasteiger partial charge >= 0.3 is 0 Å². The highest BCUT2D eigenvalue weighted by Crippen LogP contribution is 2.25. The normalized spacial score (nSPS) is 16.0. The first-order valence-corrected chi connectivity index (χ1v) is 9.15. The summed E-state index contributed by atoms with van der Waals surface area (Å²) >= 11 is 1.85.